The zero-order valence-corrected chi connectivity index (χ0v) is 11.4. The molecular formula is C14H19NO4. The van der Waals surface area contributed by atoms with Crippen molar-refractivity contribution < 1.29 is 19.4 Å². The first kappa shape index (κ1) is 15.0. The molecule has 1 aromatic carbocycles. The second-order valence-electron chi connectivity index (χ2n) is 4.42. The van der Waals surface area contributed by atoms with E-state index in [1.165, 1.54) is 6.92 Å². The van der Waals surface area contributed by atoms with Gasteiger partial charge in [0, 0.05) is 6.54 Å². The van der Waals surface area contributed by atoms with Gasteiger partial charge in [-0.05, 0) is 31.9 Å². The molecule has 2 N–H and O–H groups in total. The zero-order valence-electron chi connectivity index (χ0n) is 11.4. The lowest BCUT2D eigenvalue weighted by Crippen LogP contribution is -2.34. The van der Waals surface area contributed by atoms with Crippen molar-refractivity contribution in [1.29, 1.82) is 0 Å². The molecule has 0 radical (unpaired) electrons. The van der Waals surface area contributed by atoms with Crippen molar-refractivity contribution >= 4 is 11.9 Å². The number of ether oxygens (including phenoxy) is 1. The summed E-state index contributed by atoms with van der Waals surface area (Å²) in [6.45, 7) is 3.73. The average Bonchev–Trinajstić information content (AvgIpc) is 2.37. The van der Waals surface area contributed by atoms with Crippen LogP contribution in [0.4, 0.5) is 0 Å². The molecule has 1 rings (SSSR count). The number of hydrogen-bond donors (Lipinski definition) is 2. The lowest BCUT2D eigenvalue weighted by atomic mass is 10.1. The molecule has 1 unspecified atom stereocenters. The van der Waals surface area contributed by atoms with Gasteiger partial charge in [-0.25, -0.2) is 0 Å². The fourth-order valence-electron chi connectivity index (χ4n) is 1.69. The molecule has 0 aromatic heterocycles. The first-order chi connectivity index (χ1) is 8.95. The third-order valence-corrected chi connectivity index (χ3v) is 2.89. The summed E-state index contributed by atoms with van der Waals surface area (Å²) in [5, 5.41) is 11.3. The number of benzene rings is 1. The Hall–Kier alpha value is -2.04. The highest BCUT2D eigenvalue weighted by Crippen LogP contribution is 2.19. The van der Waals surface area contributed by atoms with Gasteiger partial charge >= 0.3 is 5.97 Å². The predicted molar refractivity (Wildman–Crippen MR) is 71.2 cm³/mol. The van der Waals surface area contributed by atoms with E-state index in [0.29, 0.717) is 13.0 Å². The quantitative estimate of drug-likeness (QED) is 0.762. The second kappa shape index (κ2) is 6.78. The minimum atomic E-state index is -1.12. The fourth-order valence-corrected chi connectivity index (χ4v) is 1.69. The maximum Gasteiger partial charge on any atom is 0.315 e. The van der Waals surface area contributed by atoms with Gasteiger partial charge in [-0.15, -0.1) is 0 Å². The molecule has 0 saturated carbocycles. The maximum absolute atomic E-state index is 11.5. The van der Waals surface area contributed by atoms with E-state index in [1.54, 1.807) is 7.11 Å². The molecule has 0 fully saturated rings. The van der Waals surface area contributed by atoms with E-state index < -0.39 is 17.8 Å². The molecule has 0 heterocycles. The summed E-state index contributed by atoms with van der Waals surface area (Å²) in [7, 11) is 1.60. The van der Waals surface area contributed by atoms with Crippen LogP contribution in [0.3, 0.4) is 0 Å². The van der Waals surface area contributed by atoms with Crippen LogP contribution in [0.5, 0.6) is 5.75 Å². The Bertz CT molecular complexity index is 471. The number of carbonyl (C=O) groups excluding carboxylic acids is 1. The van der Waals surface area contributed by atoms with Crippen molar-refractivity contribution in [2.75, 3.05) is 13.7 Å². The number of hydrogen-bond acceptors (Lipinski definition) is 3. The molecule has 1 aromatic rings. The summed E-state index contributed by atoms with van der Waals surface area (Å²) in [5.74, 6) is -1.85. The number of carboxylic acid groups (broad SMARTS) is 1. The third kappa shape index (κ3) is 4.28. The van der Waals surface area contributed by atoms with Crippen molar-refractivity contribution in [2.45, 2.75) is 20.3 Å². The summed E-state index contributed by atoms with van der Waals surface area (Å²) >= 11 is 0. The highest BCUT2D eigenvalue weighted by Gasteiger charge is 2.19. The predicted octanol–water partition coefficient (Wildman–Crippen LogP) is 1.38. The molecule has 0 bridgehead atoms. The lowest BCUT2D eigenvalue weighted by Gasteiger charge is -2.11. The zero-order chi connectivity index (χ0) is 14.4. The number of aryl methyl sites for hydroxylation is 1. The van der Waals surface area contributed by atoms with Gasteiger partial charge in [0.25, 0.3) is 0 Å². The van der Waals surface area contributed by atoms with Gasteiger partial charge in [-0.1, -0.05) is 17.7 Å². The highest BCUT2D eigenvalue weighted by molar-refractivity contribution is 5.96. The monoisotopic (exact) mass is 265 g/mol. The number of nitrogens with one attached hydrogen (secondary N) is 1. The smallest absolute Gasteiger partial charge is 0.315 e. The minimum Gasteiger partial charge on any atom is -0.496 e. The van der Waals surface area contributed by atoms with Gasteiger partial charge in [0.05, 0.1) is 7.11 Å². The van der Waals surface area contributed by atoms with Gasteiger partial charge in [0.1, 0.15) is 11.7 Å². The van der Waals surface area contributed by atoms with Crippen LogP contribution in [-0.2, 0) is 16.0 Å². The number of rotatable bonds is 6. The van der Waals surface area contributed by atoms with Crippen molar-refractivity contribution in [3.63, 3.8) is 0 Å². The van der Waals surface area contributed by atoms with Crippen LogP contribution in [0.2, 0.25) is 0 Å². The van der Waals surface area contributed by atoms with E-state index in [-0.39, 0.29) is 0 Å². The lowest BCUT2D eigenvalue weighted by molar-refractivity contribution is -0.146. The summed E-state index contributed by atoms with van der Waals surface area (Å²) in [4.78, 5) is 22.1. The van der Waals surface area contributed by atoms with Gasteiger partial charge in [0.2, 0.25) is 5.91 Å². The molecule has 1 atom stereocenters. The summed E-state index contributed by atoms with van der Waals surface area (Å²) in [6.07, 6.45) is 0.600. The molecule has 0 aliphatic carbocycles. The molecule has 0 saturated heterocycles. The number of amides is 1. The number of aliphatic carboxylic acids is 1. The number of carboxylic acids is 1. The van der Waals surface area contributed by atoms with Gasteiger partial charge in [-0.2, -0.15) is 0 Å². The third-order valence-electron chi connectivity index (χ3n) is 2.89. The molecule has 0 aliphatic heterocycles. The van der Waals surface area contributed by atoms with Gasteiger partial charge < -0.3 is 15.2 Å². The van der Waals surface area contributed by atoms with Crippen molar-refractivity contribution in [3.8, 4) is 5.75 Å². The SMILES string of the molecule is COc1ccc(C)cc1CCNC(=O)C(C)C(=O)O. The highest BCUT2D eigenvalue weighted by atomic mass is 16.5. The van der Waals surface area contributed by atoms with E-state index in [1.807, 2.05) is 25.1 Å². The van der Waals surface area contributed by atoms with Gasteiger partial charge in [0.15, 0.2) is 0 Å². The molecular weight excluding hydrogens is 246 g/mol. The second-order valence-corrected chi connectivity index (χ2v) is 4.42. The first-order valence-corrected chi connectivity index (χ1v) is 6.09. The number of carbonyl (C=O) groups is 2. The Balaban J connectivity index is 2.56. The van der Waals surface area contributed by atoms with Crippen LogP contribution in [0.25, 0.3) is 0 Å². The van der Waals surface area contributed by atoms with E-state index in [9.17, 15) is 9.59 Å². The standard InChI is InChI=1S/C14H19NO4/c1-9-4-5-12(19-3)11(8-9)6-7-15-13(16)10(2)14(17)18/h4-5,8,10H,6-7H2,1-3H3,(H,15,16)(H,17,18). The molecule has 5 heteroatoms. The van der Waals surface area contributed by atoms with E-state index in [4.69, 9.17) is 9.84 Å². The number of methoxy groups -OCH3 is 1. The summed E-state index contributed by atoms with van der Waals surface area (Å²) < 4.78 is 5.24. The molecule has 19 heavy (non-hydrogen) atoms. The molecule has 104 valence electrons. The topological polar surface area (TPSA) is 75.6 Å². The molecule has 1 amide bonds. The average molecular weight is 265 g/mol. The van der Waals surface area contributed by atoms with Crippen molar-refractivity contribution in [1.82, 2.24) is 5.32 Å². The van der Waals surface area contributed by atoms with Crippen LogP contribution in [0, 0.1) is 12.8 Å². The van der Waals surface area contributed by atoms with Crippen LogP contribution in [-0.4, -0.2) is 30.6 Å². The molecule has 0 spiro atoms. The fraction of sp³-hybridized carbons (Fsp3) is 0.429. The van der Waals surface area contributed by atoms with E-state index in [2.05, 4.69) is 5.32 Å². The van der Waals surface area contributed by atoms with E-state index in [0.717, 1.165) is 16.9 Å². The maximum atomic E-state index is 11.5. The van der Waals surface area contributed by atoms with Crippen LogP contribution in [0.1, 0.15) is 18.1 Å². The summed E-state index contributed by atoms with van der Waals surface area (Å²) in [6, 6.07) is 5.82. The first-order valence-electron chi connectivity index (χ1n) is 6.09. The minimum absolute atomic E-state index is 0.385. The summed E-state index contributed by atoms with van der Waals surface area (Å²) in [5.41, 5.74) is 2.10. The van der Waals surface area contributed by atoms with E-state index >= 15 is 0 Å². The van der Waals surface area contributed by atoms with Crippen molar-refractivity contribution in [3.05, 3.63) is 29.3 Å². The van der Waals surface area contributed by atoms with Crippen molar-refractivity contribution in [2.24, 2.45) is 5.92 Å². The van der Waals surface area contributed by atoms with Crippen LogP contribution < -0.4 is 10.1 Å². The Labute approximate surface area is 112 Å². The Morgan fingerprint density at radius 3 is 2.68 bits per heavy atom. The largest absolute Gasteiger partial charge is 0.496 e. The van der Waals surface area contributed by atoms with Gasteiger partial charge in [-0.3, -0.25) is 9.59 Å². The van der Waals surface area contributed by atoms with Crippen LogP contribution >= 0.6 is 0 Å². The van der Waals surface area contributed by atoms with Crippen LogP contribution in [0.15, 0.2) is 18.2 Å². The molecule has 5 nitrogen and oxygen atoms in total. The molecule has 0 aliphatic rings. The Kier molecular flexibility index (Phi) is 5.36. The Morgan fingerprint density at radius 2 is 2.11 bits per heavy atom. The Morgan fingerprint density at radius 1 is 1.42 bits per heavy atom. The normalized spacial score (nSPS) is 11.7.